The van der Waals surface area contributed by atoms with Crippen molar-refractivity contribution in [1.29, 1.82) is 0 Å². The summed E-state index contributed by atoms with van der Waals surface area (Å²) in [5.41, 5.74) is 7.13. The number of aromatic amines is 1. The summed E-state index contributed by atoms with van der Waals surface area (Å²) in [6.07, 6.45) is 3.06. The van der Waals surface area contributed by atoms with Gasteiger partial charge in [0.25, 0.3) is 5.91 Å². The van der Waals surface area contributed by atoms with E-state index in [4.69, 9.17) is 10.2 Å². The van der Waals surface area contributed by atoms with Crippen LogP contribution < -0.4 is 11.1 Å². The topological polar surface area (TPSA) is 96.9 Å². The molecule has 0 aliphatic carbocycles. The first-order chi connectivity index (χ1) is 7.68. The normalized spacial score (nSPS) is 10.3. The maximum absolute atomic E-state index is 11.7. The minimum absolute atomic E-state index is 0.261. The molecule has 16 heavy (non-hydrogen) atoms. The first kappa shape index (κ1) is 10.3. The van der Waals surface area contributed by atoms with Gasteiger partial charge in [-0.25, -0.2) is 0 Å². The highest BCUT2D eigenvalue weighted by molar-refractivity contribution is 5.92. The lowest BCUT2D eigenvalue weighted by atomic mass is 10.2. The highest BCUT2D eigenvalue weighted by atomic mass is 16.3. The zero-order valence-electron chi connectivity index (χ0n) is 8.78. The van der Waals surface area contributed by atoms with Gasteiger partial charge in [0, 0.05) is 17.7 Å². The van der Waals surface area contributed by atoms with E-state index in [2.05, 4.69) is 15.5 Å². The van der Waals surface area contributed by atoms with E-state index in [-0.39, 0.29) is 5.91 Å². The van der Waals surface area contributed by atoms with Gasteiger partial charge >= 0.3 is 0 Å². The zero-order chi connectivity index (χ0) is 11.5. The zero-order valence-corrected chi connectivity index (χ0v) is 8.78. The second-order valence-electron chi connectivity index (χ2n) is 3.42. The molecule has 0 spiro atoms. The van der Waals surface area contributed by atoms with Gasteiger partial charge in [-0.05, 0) is 13.0 Å². The summed E-state index contributed by atoms with van der Waals surface area (Å²) in [5.74, 6) is 0.515. The van der Waals surface area contributed by atoms with E-state index < -0.39 is 0 Å². The first-order valence-electron chi connectivity index (χ1n) is 4.78. The van der Waals surface area contributed by atoms with Crippen molar-refractivity contribution in [2.24, 2.45) is 0 Å². The van der Waals surface area contributed by atoms with Crippen LogP contribution in [-0.2, 0) is 6.54 Å². The first-order valence-corrected chi connectivity index (χ1v) is 4.78. The Kier molecular flexibility index (Phi) is 2.63. The highest BCUT2D eigenvalue weighted by Gasteiger charge is 2.12. The molecule has 2 aromatic heterocycles. The molecule has 0 fully saturated rings. The van der Waals surface area contributed by atoms with Gasteiger partial charge in [-0.1, -0.05) is 0 Å². The molecule has 6 nitrogen and oxygen atoms in total. The van der Waals surface area contributed by atoms with Crippen LogP contribution in [0.1, 0.15) is 21.7 Å². The van der Waals surface area contributed by atoms with Crippen molar-refractivity contribution in [3.8, 4) is 0 Å². The second-order valence-corrected chi connectivity index (χ2v) is 3.42. The van der Waals surface area contributed by atoms with E-state index in [1.165, 1.54) is 6.26 Å². The number of carbonyl (C=O) groups excluding carboxylic acids is 1. The Labute approximate surface area is 91.8 Å². The molecule has 0 aromatic carbocycles. The fourth-order valence-electron chi connectivity index (χ4n) is 1.32. The summed E-state index contributed by atoms with van der Waals surface area (Å²) in [7, 11) is 0. The van der Waals surface area contributed by atoms with E-state index in [0.717, 1.165) is 11.1 Å². The molecule has 0 bridgehead atoms. The third-order valence-corrected chi connectivity index (χ3v) is 2.26. The van der Waals surface area contributed by atoms with Gasteiger partial charge in [0.15, 0.2) is 5.76 Å². The largest absolute Gasteiger partial charge is 0.459 e. The summed E-state index contributed by atoms with van der Waals surface area (Å²) >= 11 is 0. The van der Waals surface area contributed by atoms with Gasteiger partial charge < -0.3 is 15.5 Å². The lowest BCUT2D eigenvalue weighted by molar-refractivity contribution is 0.0922. The molecule has 0 saturated heterocycles. The van der Waals surface area contributed by atoms with Crippen LogP contribution in [0, 0.1) is 6.92 Å². The summed E-state index contributed by atoms with van der Waals surface area (Å²) in [4.78, 5) is 11.7. The number of anilines is 1. The van der Waals surface area contributed by atoms with Crippen molar-refractivity contribution < 1.29 is 9.21 Å². The van der Waals surface area contributed by atoms with Gasteiger partial charge in [0.2, 0.25) is 0 Å². The van der Waals surface area contributed by atoms with E-state index in [9.17, 15) is 4.79 Å². The number of furan rings is 1. The number of aryl methyl sites for hydroxylation is 1. The number of nitrogens with one attached hydrogen (secondary N) is 2. The number of nitrogens with zero attached hydrogens (tertiary/aromatic N) is 1. The minimum Gasteiger partial charge on any atom is -0.459 e. The standard InChI is InChI=1S/C10H12N4O2/c1-6-2-3-16-8(6)10(15)12-4-7-5-13-14-9(7)11/h2-3,5H,4H2,1H3,(H,12,15)(H3,11,13,14). The molecular weight excluding hydrogens is 208 g/mol. The minimum atomic E-state index is -0.261. The van der Waals surface area contributed by atoms with Crippen LogP contribution in [-0.4, -0.2) is 16.1 Å². The number of H-pyrrole nitrogens is 1. The lowest BCUT2D eigenvalue weighted by Gasteiger charge is -2.02. The van der Waals surface area contributed by atoms with Crippen LogP contribution >= 0.6 is 0 Å². The fourth-order valence-corrected chi connectivity index (χ4v) is 1.32. The van der Waals surface area contributed by atoms with Crippen molar-refractivity contribution in [2.75, 3.05) is 5.73 Å². The number of amides is 1. The number of nitrogens with two attached hydrogens (primary N) is 1. The van der Waals surface area contributed by atoms with Crippen LogP contribution in [0.2, 0.25) is 0 Å². The molecule has 0 aliphatic rings. The summed E-state index contributed by atoms with van der Waals surface area (Å²) in [5, 5.41) is 9.04. The van der Waals surface area contributed by atoms with Crippen LogP contribution in [0.15, 0.2) is 22.9 Å². The Morgan fingerprint density at radius 2 is 2.50 bits per heavy atom. The van der Waals surface area contributed by atoms with Crippen LogP contribution in [0.25, 0.3) is 0 Å². The van der Waals surface area contributed by atoms with Crippen molar-refractivity contribution >= 4 is 11.7 Å². The van der Waals surface area contributed by atoms with Gasteiger partial charge in [0.05, 0.1) is 12.5 Å². The lowest BCUT2D eigenvalue weighted by Crippen LogP contribution is -2.23. The summed E-state index contributed by atoms with van der Waals surface area (Å²) in [6, 6.07) is 1.74. The van der Waals surface area contributed by atoms with Crippen LogP contribution in [0.5, 0.6) is 0 Å². The fraction of sp³-hybridized carbons (Fsp3) is 0.200. The summed E-state index contributed by atoms with van der Waals surface area (Å²) in [6.45, 7) is 2.13. The third kappa shape index (κ3) is 1.90. The molecule has 6 heteroatoms. The predicted molar refractivity (Wildman–Crippen MR) is 57.6 cm³/mol. The van der Waals surface area contributed by atoms with Crippen molar-refractivity contribution in [3.05, 3.63) is 35.4 Å². The molecule has 2 aromatic rings. The SMILES string of the molecule is Cc1ccoc1C(=O)NCc1cn[nH]c1N. The number of aromatic nitrogens is 2. The molecule has 4 N–H and O–H groups in total. The number of hydrogen-bond acceptors (Lipinski definition) is 4. The van der Waals surface area contributed by atoms with E-state index >= 15 is 0 Å². The molecule has 0 radical (unpaired) electrons. The molecule has 2 heterocycles. The third-order valence-electron chi connectivity index (χ3n) is 2.26. The van der Waals surface area contributed by atoms with Crippen LogP contribution in [0.3, 0.4) is 0 Å². The average Bonchev–Trinajstić information content (AvgIpc) is 2.84. The number of hydrogen-bond donors (Lipinski definition) is 3. The van der Waals surface area contributed by atoms with E-state index in [0.29, 0.717) is 18.1 Å². The van der Waals surface area contributed by atoms with Crippen LogP contribution in [0.4, 0.5) is 5.82 Å². The maximum Gasteiger partial charge on any atom is 0.287 e. The molecule has 0 unspecified atom stereocenters. The number of rotatable bonds is 3. The van der Waals surface area contributed by atoms with Gasteiger partial charge in [-0.2, -0.15) is 5.10 Å². The smallest absolute Gasteiger partial charge is 0.287 e. The van der Waals surface area contributed by atoms with Gasteiger partial charge in [-0.3, -0.25) is 9.89 Å². The molecule has 0 saturated carbocycles. The maximum atomic E-state index is 11.7. The average molecular weight is 220 g/mol. The Morgan fingerprint density at radius 3 is 3.06 bits per heavy atom. The second kappa shape index (κ2) is 4.09. The van der Waals surface area contributed by atoms with E-state index in [1.807, 2.05) is 6.92 Å². The van der Waals surface area contributed by atoms with Crippen molar-refractivity contribution in [2.45, 2.75) is 13.5 Å². The number of carbonyl (C=O) groups is 1. The van der Waals surface area contributed by atoms with Crippen molar-refractivity contribution in [3.63, 3.8) is 0 Å². The van der Waals surface area contributed by atoms with Gasteiger partial charge in [-0.15, -0.1) is 0 Å². The molecule has 84 valence electrons. The molecule has 2 rings (SSSR count). The molecule has 1 amide bonds. The summed E-state index contributed by atoms with van der Waals surface area (Å²) < 4.78 is 5.06. The Bertz CT molecular complexity index is 500. The quantitative estimate of drug-likeness (QED) is 0.713. The Hall–Kier alpha value is -2.24. The molecule has 0 atom stereocenters. The van der Waals surface area contributed by atoms with E-state index in [1.54, 1.807) is 12.3 Å². The highest BCUT2D eigenvalue weighted by Crippen LogP contribution is 2.09. The van der Waals surface area contributed by atoms with Gasteiger partial charge in [0.1, 0.15) is 5.82 Å². The molecular formula is C10H12N4O2. The predicted octanol–water partition coefficient (Wildman–Crippen LogP) is 0.823. The Balaban J connectivity index is 1.99. The number of nitrogen functional groups attached to an aromatic ring is 1. The monoisotopic (exact) mass is 220 g/mol. The Morgan fingerprint density at radius 1 is 1.69 bits per heavy atom. The molecule has 0 aliphatic heterocycles. The van der Waals surface area contributed by atoms with Crippen molar-refractivity contribution in [1.82, 2.24) is 15.5 Å².